The molecule has 0 unspecified atom stereocenters. The SMILES string of the molecule is Cc1nonc1CNc1ccc2ncsc2c1. The van der Waals surface area contributed by atoms with Crippen molar-refractivity contribution in [3.05, 3.63) is 35.1 Å². The topological polar surface area (TPSA) is 63.8 Å². The number of rotatable bonds is 3. The fourth-order valence-electron chi connectivity index (χ4n) is 1.56. The van der Waals surface area contributed by atoms with Gasteiger partial charge in [-0.15, -0.1) is 11.3 Å². The third-order valence-corrected chi connectivity index (χ3v) is 3.33. The van der Waals surface area contributed by atoms with Gasteiger partial charge in [-0.2, -0.15) is 0 Å². The molecule has 2 aromatic heterocycles. The predicted octanol–water partition coefficient (Wildman–Crippen LogP) is 2.60. The van der Waals surface area contributed by atoms with Gasteiger partial charge in [0.25, 0.3) is 0 Å². The summed E-state index contributed by atoms with van der Waals surface area (Å²) in [6.07, 6.45) is 0. The molecule has 0 spiro atoms. The maximum Gasteiger partial charge on any atom is 0.127 e. The van der Waals surface area contributed by atoms with E-state index in [1.165, 1.54) is 4.70 Å². The lowest BCUT2D eigenvalue weighted by atomic mass is 10.3. The van der Waals surface area contributed by atoms with Crippen LogP contribution in [0.2, 0.25) is 0 Å². The summed E-state index contributed by atoms with van der Waals surface area (Å²) in [5, 5.41) is 10.8. The summed E-state index contributed by atoms with van der Waals surface area (Å²) in [5.41, 5.74) is 5.56. The second-order valence-electron chi connectivity index (χ2n) is 3.68. The largest absolute Gasteiger partial charge is 0.379 e. The van der Waals surface area contributed by atoms with Crippen LogP contribution in [0.1, 0.15) is 11.4 Å². The highest BCUT2D eigenvalue weighted by Crippen LogP contribution is 2.22. The molecule has 1 N–H and O–H groups in total. The van der Waals surface area contributed by atoms with Crippen molar-refractivity contribution in [2.45, 2.75) is 13.5 Å². The van der Waals surface area contributed by atoms with E-state index in [0.29, 0.717) is 6.54 Å². The van der Waals surface area contributed by atoms with E-state index in [1.807, 2.05) is 24.6 Å². The average Bonchev–Trinajstić information content (AvgIpc) is 2.94. The van der Waals surface area contributed by atoms with Gasteiger partial charge in [-0.25, -0.2) is 9.61 Å². The second-order valence-corrected chi connectivity index (χ2v) is 4.57. The number of aromatic nitrogens is 3. The molecule has 1 aromatic carbocycles. The Morgan fingerprint density at radius 1 is 1.35 bits per heavy atom. The smallest absolute Gasteiger partial charge is 0.127 e. The van der Waals surface area contributed by atoms with E-state index in [0.717, 1.165) is 22.6 Å². The first kappa shape index (κ1) is 10.2. The van der Waals surface area contributed by atoms with Gasteiger partial charge in [0.2, 0.25) is 0 Å². The zero-order valence-corrected chi connectivity index (χ0v) is 9.99. The molecule has 3 aromatic rings. The van der Waals surface area contributed by atoms with Crippen LogP contribution in [0.3, 0.4) is 0 Å². The Labute approximate surface area is 101 Å². The van der Waals surface area contributed by atoms with Gasteiger partial charge < -0.3 is 5.32 Å². The van der Waals surface area contributed by atoms with Crippen molar-refractivity contribution < 1.29 is 4.63 Å². The number of fused-ring (bicyclic) bond motifs is 1. The lowest BCUT2D eigenvalue weighted by molar-refractivity contribution is 0.301. The van der Waals surface area contributed by atoms with Crippen LogP contribution in [0, 0.1) is 6.92 Å². The summed E-state index contributed by atoms with van der Waals surface area (Å²) in [7, 11) is 0. The normalized spacial score (nSPS) is 10.9. The zero-order valence-electron chi connectivity index (χ0n) is 9.17. The summed E-state index contributed by atoms with van der Waals surface area (Å²) in [6, 6.07) is 6.09. The fraction of sp³-hybridized carbons (Fsp3) is 0.182. The molecule has 0 saturated heterocycles. The number of benzene rings is 1. The molecule has 0 aliphatic heterocycles. The number of thiazole rings is 1. The van der Waals surface area contributed by atoms with Gasteiger partial charge in [0, 0.05) is 5.69 Å². The first-order chi connectivity index (χ1) is 8.33. The quantitative estimate of drug-likeness (QED) is 0.769. The molecule has 0 fully saturated rings. The monoisotopic (exact) mass is 246 g/mol. The zero-order chi connectivity index (χ0) is 11.7. The first-order valence-electron chi connectivity index (χ1n) is 5.18. The number of anilines is 1. The van der Waals surface area contributed by atoms with Crippen molar-refractivity contribution in [2.24, 2.45) is 0 Å². The third-order valence-electron chi connectivity index (χ3n) is 2.54. The minimum Gasteiger partial charge on any atom is -0.379 e. The molecule has 5 nitrogen and oxygen atoms in total. The Morgan fingerprint density at radius 3 is 3.12 bits per heavy atom. The van der Waals surface area contributed by atoms with Gasteiger partial charge >= 0.3 is 0 Å². The second kappa shape index (κ2) is 4.14. The van der Waals surface area contributed by atoms with Crippen LogP contribution in [0.4, 0.5) is 5.69 Å². The molecule has 6 heteroatoms. The van der Waals surface area contributed by atoms with Crippen LogP contribution < -0.4 is 5.32 Å². The highest BCUT2D eigenvalue weighted by Gasteiger charge is 2.05. The van der Waals surface area contributed by atoms with Crippen molar-refractivity contribution >= 4 is 27.2 Å². The van der Waals surface area contributed by atoms with Crippen molar-refractivity contribution in [1.82, 2.24) is 15.3 Å². The van der Waals surface area contributed by atoms with Crippen molar-refractivity contribution in [3.63, 3.8) is 0 Å². The number of nitrogens with one attached hydrogen (secondary N) is 1. The van der Waals surface area contributed by atoms with E-state index in [9.17, 15) is 0 Å². The van der Waals surface area contributed by atoms with E-state index in [1.54, 1.807) is 11.3 Å². The number of hydrogen-bond acceptors (Lipinski definition) is 6. The average molecular weight is 246 g/mol. The van der Waals surface area contributed by atoms with E-state index in [4.69, 9.17) is 0 Å². The Balaban J connectivity index is 1.78. The maximum absolute atomic E-state index is 4.64. The summed E-state index contributed by atoms with van der Waals surface area (Å²) >= 11 is 1.63. The molecular formula is C11H10N4OS. The standard InChI is InChI=1S/C11H10N4OS/c1-7-10(15-16-14-7)5-12-8-2-3-9-11(4-8)17-6-13-9/h2-4,6,12H,5H2,1H3. The van der Waals surface area contributed by atoms with Gasteiger partial charge in [-0.1, -0.05) is 10.3 Å². The van der Waals surface area contributed by atoms with Gasteiger partial charge in [0.05, 0.1) is 22.3 Å². The molecule has 3 rings (SSSR count). The number of aryl methyl sites for hydroxylation is 1. The number of hydrogen-bond donors (Lipinski definition) is 1. The summed E-state index contributed by atoms with van der Waals surface area (Å²) in [5.74, 6) is 0. The van der Waals surface area contributed by atoms with Crippen LogP contribution >= 0.6 is 11.3 Å². The van der Waals surface area contributed by atoms with Gasteiger partial charge in [-0.3, -0.25) is 0 Å². The molecule has 0 amide bonds. The molecule has 2 heterocycles. The molecule has 0 atom stereocenters. The van der Waals surface area contributed by atoms with Crippen LogP contribution in [0.15, 0.2) is 28.3 Å². The van der Waals surface area contributed by atoms with Gasteiger partial charge in [-0.05, 0) is 25.1 Å². The van der Waals surface area contributed by atoms with E-state index >= 15 is 0 Å². The summed E-state index contributed by atoms with van der Waals surface area (Å²) in [6.45, 7) is 2.49. The third kappa shape index (κ3) is 1.99. The minimum atomic E-state index is 0.611. The van der Waals surface area contributed by atoms with E-state index < -0.39 is 0 Å². The first-order valence-corrected chi connectivity index (χ1v) is 6.06. The molecule has 0 bridgehead atoms. The maximum atomic E-state index is 4.64. The van der Waals surface area contributed by atoms with Crippen LogP contribution in [0.5, 0.6) is 0 Å². The lowest BCUT2D eigenvalue weighted by Crippen LogP contribution is -2.00. The molecule has 17 heavy (non-hydrogen) atoms. The van der Waals surface area contributed by atoms with Gasteiger partial charge in [0.15, 0.2) is 0 Å². The molecule has 86 valence electrons. The van der Waals surface area contributed by atoms with Crippen LogP contribution in [0.25, 0.3) is 10.2 Å². The van der Waals surface area contributed by atoms with Crippen molar-refractivity contribution in [1.29, 1.82) is 0 Å². The Bertz CT molecular complexity index is 646. The number of nitrogens with zero attached hydrogens (tertiary/aromatic N) is 3. The Morgan fingerprint density at radius 2 is 2.29 bits per heavy atom. The Hall–Kier alpha value is -1.95. The molecule has 0 aliphatic carbocycles. The van der Waals surface area contributed by atoms with E-state index in [2.05, 4.69) is 31.3 Å². The van der Waals surface area contributed by atoms with Gasteiger partial charge in [0.1, 0.15) is 11.4 Å². The highest BCUT2D eigenvalue weighted by atomic mass is 32.1. The van der Waals surface area contributed by atoms with Crippen molar-refractivity contribution in [2.75, 3.05) is 5.32 Å². The predicted molar refractivity (Wildman–Crippen MR) is 66.0 cm³/mol. The van der Waals surface area contributed by atoms with E-state index in [-0.39, 0.29) is 0 Å². The Kier molecular flexibility index (Phi) is 2.49. The highest BCUT2D eigenvalue weighted by molar-refractivity contribution is 7.16. The fourth-order valence-corrected chi connectivity index (χ4v) is 2.28. The van der Waals surface area contributed by atoms with Crippen LogP contribution in [-0.4, -0.2) is 15.3 Å². The molecule has 0 saturated carbocycles. The minimum absolute atomic E-state index is 0.611. The van der Waals surface area contributed by atoms with Crippen LogP contribution in [-0.2, 0) is 6.54 Å². The molecule has 0 aliphatic rings. The lowest BCUT2D eigenvalue weighted by Gasteiger charge is -2.03. The molecular weight excluding hydrogens is 236 g/mol. The summed E-state index contributed by atoms with van der Waals surface area (Å²) in [4.78, 5) is 4.24. The van der Waals surface area contributed by atoms with Crippen molar-refractivity contribution in [3.8, 4) is 0 Å². The molecule has 0 radical (unpaired) electrons. The summed E-state index contributed by atoms with van der Waals surface area (Å²) < 4.78 is 5.81.